The Bertz CT molecular complexity index is 785. The fraction of sp³-hybridized carbons (Fsp3) is 0.333. The Balaban J connectivity index is 2.08. The normalized spacial score (nSPS) is 11.9. The summed E-state index contributed by atoms with van der Waals surface area (Å²) in [7, 11) is 0.554. The summed E-state index contributed by atoms with van der Waals surface area (Å²) < 4.78 is 27.1. The minimum atomic E-state index is -3.43. The Morgan fingerprint density at radius 1 is 1.04 bits per heavy atom. The molecule has 0 unspecified atom stereocenters. The van der Waals surface area contributed by atoms with Crippen LogP contribution in [0.5, 0.6) is 0 Å². The van der Waals surface area contributed by atoms with Crippen LogP contribution in [0.15, 0.2) is 57.2 Å². The molecule has 0 bridgehead atoms. The van der Waals surface area contributed by atoms with Crippen molar-refractivity contribution in [3.05, 3.63) is 53.6 Å². The molecule has 0 spiro atoms. The molecule has 0 radical (unpaired) electrons. The lowest BCUT2D eigenvalue weighted by molar-refractivity contribution is -0.856. The average molecular weight is 366 g/mol. The maximum Gasteiger partial charge on any atom is 0.240 e. The van der Waals surface area contributed by atoms with E-state index in [0.717, 1.165) is 11.4 Å². The van der Waals surface area contributed by atoms with Gasteiger partial charge in [0.05, 0.1) is 32.1 Å². The van der Waals surface area contributed by atoms with Gasteiger partial charge in [0, 0.05) is 9.79 Å². The van der Waals surface area contributed by atoms with Crippen LogP contribution in [0.3, 0.4) is 0 Å². The first-order valence-electron chi connectivity index (χ1n) is 7.92. The molecule has 0 fully saturated rings. The van der Waals surface area contributed by atoms with E-state index >= 15 is 0 Å². The fourth-order valence-corrected chi connectivity index (χ4v) is 4.18. The second-order valence-corrected chi connectivity index (χ2v) is 9.08. The number of hydrogen-bond acceptors (Lipinski definition) is 3. The van der Waals surface area contributed by atoms with Crippen molar-refractivity contribution < 1.29 is 13.3 Å². The van der Waals surface area contributed by atoms with Crippen LogP contribution in [-0.2, 0) is 10.0 Å². The van der Waals surface area contributed by atoms with Gasteiger partial charge in [-0.15, -0.1) is 0 Å². The van der Waals surface area contributed by atoms with E-state index in [-0.39, 0.29) is 0 Å². The predicted molar refractivity (Wildman–Crippen MR) is 99.3 cm³/mol. The summed E-state index contributed by atoms with van der Waals surface area (Å²) in [6, 6.07) is 13.4. The minimum Gasteiger partial charge on any atom is -0.339 e. The molecule has 0 heterocycles. The van der Waals surface area contributed by atoms with Gasteiger partial charge in [0.15, 0.2) is 0 Å². The van der Waals surface area contributed by atoms with Crippen molar-refractivity contribution in [1.29, 1.82) is 0 Å². The van der Waals surface area contributed by atoms with Gasteiger partial charge in [0.25, 0.3) is 0 Å². The van der Waals surface area contributed by atoms with Gasteiger partial charge < -0.3 is 4.90 Å². The van der Waals surface area contributed by atoms with Crippen LogP contribution in [0.1, 0.15) is 11.1 Å². The van der Waals surface area contributed by atoms with Crippen LogP contribution in [0.25, 0.3) is 0 Å². The van der Waals surface area contributed by atoms with Gasteiger partial charge in [0.1, 0.15) is 0 Å². The lowest BCUT2D eigenvalue weighted by Gasteiger charge is -2.10. The van der Waals surface area contributed by atoms with E-state index in [1.165, 1.54) is 20.9 Å². The molecule has 2 aromatic rings. The number of benzene rings is 2. The molecule has 0 amide bonds. The summed E-state index contributed by atoms with van der Waals surface area (Å²) in [5, 5.41) is 0. The molecular formula is C18H25N2O2S2+. The Kier molecular flexibility index (Phi) is 6.46. The third kappa shape index (κ3) is 5.34. The van der Waals surface area contributed by atoms with Gasteiger partial charge in [0.2, 0.25) is 10.0 Å². The Hall–Kier alpha value is -1.34. The summed E-state index contributed by atoms with van der Waals surface area (Å²) in [5.74, 6) is 0. The highest BCUT2D eigenvalue weighted by Gasteiger charge is 2.14. The zero-order valence-corrected chi connectivity index (χ0v) is 16.2. The van der Waals surface area contributed by atoms with E-state index in [1.54, 1.807) is 23.9 Å². The van der Waals surface area contributed by atoms with Crippen molar-refractivity contribution >= 4 is 21.8 Å². The summed E-state index contributed by atoms with van der Waals surface area (Å²) in [5.41, 5.74) is 2.43. The number of likely N-dealkylation sites (N-methyl/N-ethyl adjacent to an activating group) is 1. The SMILES string of the molecule is Cc1ccc(C)c(Sc2ccc(S(=O)(=O)NCC[NH+](C)C)cc2)c1. The Morgan fingerprint density at radius 3 is 2.33 bits per heavy atom. The van der Waals surface area contributed by atoms with Crippen LogP contribution in [0, 0.1) is 13.8 Å². The molecule has 4 nitrogen and oxygen atoms in total. The van der Waals surface area contributed by atoms with Crippen LogP contribution in [-0.4, -0.2) is 35.6 Å². The monoisotopic (exact) mass is 365 g/mol. The van der Waals surface area contributed by atoms with Gasteiger partial charge in [-0.05, 0) is 55.3 Å². The van der Waals surface area contributed by atoms with Crippen LogP contribution >= 0.6 is 11.8 Å². The highest BCUT2D eigenvalue weighted by atomic mass is 32.2. The standard InChI is InChI=1S/C18H24N2O2S2/c1-14-5-6-15(2)18(13-14)23-16-7-9-17(10-8-16)24(21,22)19-11-12-20(3)4/h5-10,13,19H,11-12H2,1-4H3/p+1. The minimum absolute atomic E-state index is 0.307. The fourth-order valence-electron chi connectivity index (χ4n) is 2.15. The number of aryl methyl sites for hydroxylation is 2. The van der Waals surface area contributed by atoms with Gasteiger partial charge in [-0.2, -0.15) is 0 Å². The topological polar surface area (TPSA) is 50.6 Å². The highest BCUT2D eigenvalue weighted by molar-refractivity contribution is 7.99. The van der Waals surface area contributed by atoms with Gasteiger partial charge >= 0.3 is 0 Å². The van der Waals surface area contributed by atoms with Crippen molar-refractivity contribution in [2.75, 3.05) is 27.2 Å². The molecule has 24 heavy (non-hydrogen) atoms. The summed E-state index contributed by atoms with van der Waals surface area (Å²) in [4.78, 5) is 3.73. The molecule has 130 valence electrons. The smallest absolute Gasteiger partial charge is 0.240 e. The molecule has 0 saturated carbocycles. The van der Waals surface area contributed by atoms with Crippen molar-refractivity contribution in [2.45, 2.75) is 28.5 Å². The van der Waals surface area contributed by atoms with Crippen molar-refractivity contribution in [3.8, 4) is 0 Å². The van der Waals surface area contributed by atoms with E-state index < -0.39 is 10.0 Å². The molecule has 0 aliphatic rings. The second-order valence-electron chi connectivity index (χ2n) is 6.20. The Labute approximate surface area is 149 Å². The summed E-state index contributed by atoms with van der Waals surface area (Å²) in [6.07, 6.45) is 0. The van der Waals surface area contributed by atoms with Crippen LogP contribution in [0.2, 0.25) is 0 Å². The third-order valence-electron chi connectivity index (χ3n) is 3.62. The maximum atomic E-state index is 12.3. The molecule has 2 rings (SSSR count). The zero-order chi connectivity index (χ0) is 17.7. The summed E-state index contributed by atoms with van der Waals surface area (Å²) in [6.45, 7) is 5.33. The second kappa shape index (κ2) is 8.16. The molecule has 6 heteroatoms. The van der Waals surface area contributed by atoms with Crippen molar-refractivity contribution in [3.63, 3.8) is 0 Å². The van der Waals surface area contributed by atoms with Crippen molar-refractivity contribution in [1.82, 2.24) is 4.72 Å². The average Bonchev–Trinajstić information content (AvgIpc) is 2.51. The molecule has 0 aliphatic carbocycles. The molecule has 0 aromatic heterocycles. The van der Waals surface area contributed by atoms with Gasteiger partial charge in [-0.25, -0.2) is 13.1 Å². The predicted octanol–water partition coefficient (Wildman–Crippen LogP) is 1.88. The van der Waals surface area contributed by atoms with E-state index in [1.807, 2.05) is 26.2 Å². The van der Waals surface area contributed by atoms with Crippen LogP contribution < -0.4 is 9.62 Å². The number of sulfonamides is 1. The van der Waals surface area contributed by atoms with Crippen LogP contribution in [0.4, 0.5) is 0 Å². The molecule has 0 saturated heterocycles. The molecule has 0 aliphatic heterocycles. The van der Waals surface area contributed by atoms with E-state index in [0.29, 0.717) is 11.4 Å². The number of rotatable bonds is 7. The maximum absolute atomic E-state index is 12.3. The number of quaternary nitrogens is 1. The van der Waals surface area contributed by atoms with Gasteiger partial charge in [-0.1, -0.05) is 23.9 Å². The number of nitrogens with one attached hydrogen (secondary N) is 2. The number of hydrogen-bond donors (Lipinski definition) is 2. The van der Waals surface area contributed by atoms with Gasteiger partial charge in [-0.3, -0.25) is 0 Å². The van der Waals surface area contributed by atoms with E-state index in [2.05, 4.69) is 36.8 Å². The first-order chi connectivity index (χ1) is 11.3. The molecular weight excluding hydrogens is 340 g/mol. The largest absolute Gasteiger partial charge is 0.339 e. The highest BCUT2D eigenvalue weighted by Crippen LogP contribution is 2.31. The lowest BCUT2D eigenvalue weighted by Crippen LogP contribution is -3.06. The zero-order valence-electron chi connectivity index (χ0n) is 14.6. The molecule has 2 N–H and O–H groups in total. The first kappa shape index (κ1) is 19.0. The molecule has 2 aromatic carbocycles. The lowest BCUT2D eigenvalue weighted by atomic mass is 10.2. The quantitative estimate of drug-likeness (QED) is 0.788. The van der Waals surface area contributed by atoms with Crippen molar-refractivity contribution in [2.24, 2.45) is 0 Å². The molecule has 0 atom stereocenters. The third-order valence-corrected chi connectivity index (χ3v) is 6.27. The Morgan fingerprint density at radius 2 is 1.71 bits per heavy atom. The van der Waals surface area contributed by atoms with E-state index in [9.17, 15) is 8.42 Å². The summed E-state index contributed by atoms with van der Waals surface area (Å²) >= 11 is 1.65. The van der Waals surface area contributed by atoms with E-state index in [4.69, 9.17) is 0 Å². The first-order valence-corrected chi connectivity index (χ1v) is 10.2.